The summed E-state index contributed by atoms with van der Waals surface area (Å²) in [6.07, 6.45) is 1.30. The van der Waals surface area contributed by atoms with Crippen LogP contribution in [0.4, 0.5) is 5.69 Å². The number of ether oxygens (including phenoxy) is 1. The smallest absolute Gasteiger partial charge is 0.304 e. The Morgan fingerprint density at radius 2 is 2.25 bits per heavy atom. The van der Waals surface area contributed by atoms with E-state index in [2.05, 4.69) is 17.6 Å². The Morgan fingerprint density at radius 3 is 2.79 bits per heavy atom. The van der Waals surface area contributed by atoms with Crippen LogP contribution in [0.5, 0.6) is 5.75 Å². The van der Waals surface area contributed by atoms with Gasteiger partial charge in [0.05, 0.1) is 31.0 Å². The summed E-state index contributed by atoms with van der Waals surface area (Å²) < 4.78 is 5.13. The van der Waals surface area contributed by atoms with Crippen LogP contribution in [0.3, 0.4) is 0 Å². The van der Waals surface area contributed by atoms with E-state index in [1.54, 1.807) is 24.8 Å². The van der Waals surface area contributed by atoms with Crippen molar-refractivity contribution in [2.45, 2.75) is 31.3 Å². The summed E-state index contributed by atoms with van der Waals surface area (Å²) in [6, 6.07) is 3.46. The normalized spacial score (nSPS) is 20.0. The molecule has 0 saturated carbocycles. The van der Waals surface area contributed by atoms with Gasteiger partial charge in [0.15, 0.2) is 11.4 Å². The third kappa shape index (κ3) is 3.02. The predicted molar refractivity (Wildman–Crippen MR) is 88.8 cm³/mol. The first-order chi connectivity index (χ1) is 11.2. The van der Waals surface area contributed by atoms with Crippen molar-refractivity contribution in [1.82, 2.24) is 9.88 Å². The van der Waals surface area contributed by atoms with Gasteiger partial charge in [-0.3, -0.25) is 19.4 Å². The monoisotopic (exact) mass is 350 g/mol. The number of pyridine rings is 1. The fraction of sp³-hybridized carbons (Fsp3) is 0.467. The number of carboxylic acid groups (broad SMARTS) is 1. The predicted octanol–water partition coefficient (Wildman–Crippen LogP) is 1.08. The first kappa shape index (κ1) is 18.0. The molecule has 0 aliphatic carbocycles. The van der Waals surface area contributed by atoms with Gasteiger partial charge in [-0.15, -0.1) is 12.6 Å². The summed E-state index contributed by atoms with van der Waals surface area (Å²) in [5, 5.41) is 17.9. The molecule has 8 nitrogen and oxygen atoms in total. The second-order valence-electron chi connectivity index (χ2n) is 5.77. The van der Waals surface area contributed by atoms with E-state index in [9.17, 15) is 9.59 Å². The van der Waals surface area contributed by atoms with Crippen molar-refractivity contribution >= 4 is 30.2 Å². The maximum Gasteiger partial charge on any atom is 0.304 e. The highest BCUT2D eigenvalue weighted by atomic mass is 32.1. The molecule has 24 heavy (non-hydrogen) atoms. The van der Waals surface area contributed by atoms with Gasteiger partial charge in [-0.25, -0.2) is 4.98 Å². The van der Waals surface area contributed by atoms with Crippen LogP contribution in [0.2, 0.25) is 0 Å². The van der Waals surface area contributed by atoms with Crippen molar-refractivity contribution in [2.75, 3.05) is 18.6 Å². The Bertz CT molecular complexity index is 716. The van der Waals surface area contributed by atoms with Crippen molar-refractivity contribution in [3.05, 3.63) is 18.0 Å². The van der Waals surface area contributed by atoms with E-state index in [-0.39, 0.29) is 30.3 Å². The molecule has 9 heteroatoms. The van der Waals surface area contributed by atoms with E-state index in [1.807, 2.05) is 6.07 Å². The van der Waals surface area contributed by atoms with Crippen LogP contribution in [0.1, 0.15) is 26.0 Å². The average Bonchev–Trinajstić information content (AvgIpc) is 2.70. The maximum absolute atomic E-state index is 12.8. The van der Waals surface area contributed by atoms with E-state index in [4.69, 9.17) is 15.1 Å². The molecule has 1 atom stereocenters. The summed E-state index contributed by atoms with van der Waals surface area (Å²) in [5.74, 6) is -0.925. The van der Waals surface area contributed by atoms with Gasteiger partial charge < -0.3 is 9.84 Å². The molecule has 128 valence electrons. The van der Waals surface area contributed by atoms with Crippen LogP contribution in [0.15, 0.2) is 12.3 Å². The highest BCUT2D eigenvalue weighted by molar-refractivity contribution is 7.81. The average molecular weight is 350 g/mol. The molecular formula is C15H18N4O4S. The molecule has 0 bridgehead atoms. The number of nitrogens with zero attached hydrogens (tertiary/aromatic N) is 4. The van der Waals surface area contributed by atoms with Gasteiger partial charge in [-0.2, -0.15) is 5.26 Å². The van der Waals surface area contributed by atoms with E-state index in [0.717, 1.165) is 0 Å². The number of aliphatic carboxylic acids is 1. The molecule has 1 amide bonds. The van der Waals surface area contributed by atoms with Gasteiger partial charge in [0.2, 0.25) is 5.91 Å². The number of thiol groups is 1. The summed E-state index contributed by atoms with van der Waals surface area (Å²) in [5.41, 5.74) is -1.01. The first-order valence-electron chi connectivity index (χ1n) is 7.18. The highest BCUT2D eigenvalue weighted by Crippen LogP contribution is 2.37. The number of carbonyl (C=O) groups excluding carboxylic acids is 1. The fourth-order valence-electron chi connectivity index (χ4n) is 2.62. The molecule has 2 rings (SSSR count). The zero-order valence-electron chi connectivity index (χ0n) is 13.6. The number of aromatic nitrogens is 1. The number of anilines is 1. The summed E-state index contributed by atoms with van der Waals surface area (Å²) >= 11 is 4.49. The number of rotatable bonds is 5. The van der Waals surface area contributed by atoms with Gasteiger partial charge in [0.1, 0.15) is 11.6 Å². The number of hydrogen-bond acceptors (Lipinski definition) is 7. The summed E-state index contributed by atoms with van der Waals surface area (Å²) in [6.45, 7) is 3.61. The SMILES string of the molecule is COc1cc(N2C(=O)C(C)(C)N(CCC(=O)O)C2S)cnc1C#N. The molecule has 2 heterocycles. The van der Waals surface area contributed by atoms with Gasteiger partial charge in [0, 0.05) is 12.6 Å². The highest BCUT2D eigenvalue weighted by Gasteiger charge is 2.51. The standard InChI is InChI=1S/C15H18N4O4S/c1-15(2)13(22)19(14(24)18(15)5-4-12(20)21)9-6-11(23-3)10(7-16)17-8-9/h6,8,14,24H,4-5H2,1-3H3,(H,20,21). The van der Waals surface area contributed by atoms with E-state index in [0.29, 0.717) is 5.69 Å². The number of carboxylic acids is 1. The van der Waals surface area contributed by atoms with E-state index >= 15 is 0 Å². The Kier molecular flexibility index (Phi) is 5.01. The van der Waals surface area contributed by atoms with Crippen LogP contribution < -0.4 is 9.64 Å². The Morgan fingerprint density at radius 1 is 1.58 bits per heavy atom. The quantitative estimate of drug-likeness (QED) is 0.765. The minimum atomic E-state index is -0.945. The van der Waals surface area contributed by atoms with Gasteiger partial charge in [-0.05, 0) is 13.8 Å². The molecule has 1 saturated heterocycles. The number of methoxy groups -OCH3 is 1. The van der Waals surface area contributed by atoms with E-state index < -0.39 is 17.0 Å². The summed E-state index contributed by atoms with van der Waals surface area (Å²) in [4.78, 5) is 30.8. The van der Waals surface area contributed by atoms with Crippen LogP contribution >= 0.6 is 12.6 Å². The molecule has 1 aliphatic rings. The number of nitriles is 1. The molecule has 0 aromatic carbocycles. The minimum Gasteiger partial charge on any atom is -0.494 e. The third-order valence-corrected chi connectivity index (χ3v) is 4.49. The van der Waals surface area contributed by atoms with Crippen molar-refractivity contribution < 1.29 is 19.4 Å². The van der Waals surface area contributed by atoms with Crippen LogP contribution in [-0.4, -0.2) is 51.6 Å². The lowest BCUT2D eigenvalue weighted by Crippen LogP contribution is -2.45. The Balaban J connectivity index is 2.39. The van der Waals surface area contributed by atoms with Gasteiger partial charge in [0.25, 0.3) is 0 Å². The molecular weight excluding hydrogens is 332 g/mol. The lowest BCUT2D eigenvalue weighted by atomic mass is 10.0. The molecule has 1 aliphatic heterocycles. The first-order valence-corrected chi connectivity index (χ1v) is 7.70. The lowest BCUT2D eigenvalue weighted by molar-refractivity contribution is -0.138. The molecule has 1 N–H and O–H groups in total. The van der Waals surface area contributed by atoms with Crippen molar-refractivity contribution in [1.29, 1.82) is 5.26 Å². The summed E-state index contributed by atoms with van der Waals surface area (Å²) in [7, 11) is 1.41. The number of hydrogen-bond donors (Lipinski definition) is 2. The number of amides is 1. The lowest BCUT2D eigenvalue weighted by Gasteiger charge is -2.30. The van der Waals surface area contributed by atoms with Crippen LogP contribution in [-0.2, 0) is 9.59 Å². The van der Waals surface area contributed by atoms with Gasteiger partial charge >= 0.3 is 5.97 Å². The fourth-order valence-corrected chi connectivity index (χ4v) is 3.26. The van der Waals surface area contributed by atoms with Gasteiger partial charge in [-0.1, -0.05) is 0 Å². The van der Waals surface area contributed by atoms with Crippen molar-refractivity contribution in [3.8, 4) is 11.8 Å². The van der Waals surface area contributed by atoms with Crippen molar-refractivity contribution in [2.24, 2.45) is 0 Å². The molecule has 1 unspecified atom stereocenters. The zero-order valence-corrected chi connectivity index (χ0v) is 14.4. The molecule has 0 radical (unpaired) electrons. The number of carbonyl (C=O) groups is 2. The minimum absolute atomic E-state index is 0.101. The van der Waals surface area contributed by atoms with E-state index in [1.165, 1.54) is 18.2 Å². The van der Waals surface area contributed by atoms with Crippen LogP contribution in [0.25, 0.3) is 0 Å². The van der Waals surface area contributed by atoms with Crippen LogP contribution in [0, 0.1) is 11.3 Å². The van der Waals surface area contributed by atoms with Crippen molar-refractivity contribution in [3.63, 3.8) is 0 Å². The molecule has 1 aromatic heterocycles. The molecule has 0 spiro atoms. The topological polar surface area (TPSA) is 107 Å². The molecule has 1 aromatic rings. The maximum atomic E-state index is 12.8. The Hall–Kier alpha value is -2.31. The largest absolute Gasteiger partial charge is 0.494 e. The Labute approximate surface area is 145 Å². The second-order valence-corrected chi connectivity index (χ2v) is 6.24. The third-order valence-electron chi connectivity index (χ3n) is 3.98. The second kappa shape index (κ2) is 6.67. The zero-order chi connectivity index (χ0) is 18.1. The molecule has 1 fully saturated rings.